The highest BCUT2D eigenvalue weighted by molar-refractivity contribution is 7.11. The van der Waals surface area contributed by atoms with E-state index in [0.29, 0.717) is 12.5 Å². The maximum Gasteiger partial charge on any atom is 0.119 e. The molecule has 0 amide bonds. The van der Waals surface area contributed by atoms with Crippen molar-refractivity contribution >= 4 is 36.2 Å². The average molecular weight is 244 g/mol. The Labute approximate surface area is 95.0 Å². The van der Waals surface area contributed by atoms with Gasteiger partial charge in [0.1, 0.15) is 10.0 Å². The first kappa shape index (κ1) is 15.6. The van der Waals surface area contributed by atoms with Crippen molar-refractivity contribution in [3.05, 3.63) is 10.0 Å². The third-order valence-corrected chi connectivity index (χ3v) is 2.62. The van der Waals surface area contributed by atoms with Gasteiger partial charge in [-0.15, -0.1) is 46.3 Å². The summed E-state index contributed by atoms with van der Waals surface area (Å²) in [5.74, 6) is 0.485. The van der Waals surface area contributed by atoms with Crippen molar-refractivity contribution < 1.29 is 0 Å². The van der Waals surface area contributed by atoms with E-state index in [1.165, 1.54) is 0 Å². The first-order valence-electron chi connectivity index (χ1n) is 3.76. The normalized spacial score (nSPS) is 9.23. The summed E-state index contributed by atoms with van der Waals surface area (Å²) in [5, 5.41) is 10.2. The molecule has 0 radical (unpaired) electrons. The predicted molar refractivity (Wildman–Crippen MR) is 61.3 cm³/mol. The lowest BCUT2D eigenvalue weighted by molar-refractivity contribution is 0.814. The fraction of sp³-hybridized carbons (Fsp3) is 0.714. The van der Waals surface area contributed by atoms with Gasteiger partial charge in [-0.1, -0.05) is 13.8 Å². The molecule has 1 heterocycles. The Balaban J connectivity index is 0. The van der Waals surface area contributed by atoms with Crippen LogP contribution in [0, 0.1) is 0 Å². The maximum absolute atomic E-state index is 5.38. The van der Waals surface area contributed by atoms with Crippen LogP contribution in [0.15, 0.2) is 0 Å². The second-order valence-corrected chi connectivity index (χ2v) is 3.82. The Morgan fingerprint density at radius 1 is 1.31 bits per heavy atom. The number of rotatable bonds is 3. The maximum atomic E-state index is 5.38. The molecule has 0 bridgehead atoms. The molecule has 2 N–H and O–H groups in total. The molecule has 6 heteroatoms. The molecule has 0 saturated heterocycles. The van der Waals surface area contributed by atoms with Crippen molar-refractivity contribution in [2.45, 2.75) is 26.2 Å². The van der Waals surface area contributed by atoms with Gasteiger partial charge in [-0.05, 0) is 6.54 Å². The fourth-order valence-corrected chi connectivity index (χ4v) is 1.58. The van der Waals surface area contributed by atoms with Crippen molar-refractivity contribution in [2.24, 2.45) is 5.73 Å². The molecule has 0 saturated carbocycles. The third-order valence-electron chi connectivity index (χ3n) is 1.33. The lowest BCUT2D eigenvalue weighted by Crippen LogP contribution is -2.01. The second-order valence-electron chi connectivity index (χ2n) is 2.73. The first-order chi connectivity index (χ1) is 5.24. The standard InChI is InChI=1S/C7H13N3S.2ClH/c1-5(2)7-10-9-6(11-7)3-4-8;;/h5H,3-4,8H2,1-2H3;2*1H. The Bertz CT molecular complexity index is 227. The molecule has 0 aromatic carbocycles. The van der Waals surface area contributed by atoms with E-state index in [-0.39, 0.29) is 24.8 Å². The highest BCUT2D eigenvalue weighted by atomic mass is 35.5. The van der Waals surface area contributed by atoms with Gasteiger partial charge >= 0.3 is 0 Å². The minimum atomic E-state index is 0. The highest BCUT2D eigenvalue weighted by Gasteiger charge is 2.05. The topological polar surface area (TPSA) is 51.8 Å². The number of nitrogens with two attached hydrogens (primary N) is 1. The van der Waals surface area contributed by atoms with E-state index in [2.05, 4.69) is 24.0 Å². The molecule has 1 aromatic rings. The molecule has 0 aliphatic heterocycles. The minimum absolute atomic E-state index is 0. The summed E-state index contributed by atoms with van der Waals surface area (Å²) >= 11 is 1.66. The molecular formula is C7H15Cl2N3S. The molecular weight excluding hydrogens is 229 g/mol. The molecule has 3 nitrogen and oxygen atoms in total. The van der Waals surface area contributed by atoms with Crippen molar-refractivity contribution in [1.82, 2.24) is 10.2 Å². The van der Waals surface area contributed by atoms with Crippen LogP contribution in [-0.2, 0) is 6.42 Å². The lowest BCUT2D eigenvalue weighted by Gasteiger charge is -1.93. The van der Waals surface area contributed by atoms with Crippen LogP contribution in [0.5, 0.6) is 0 Å². The van der Waals surface area contributed by atoms with Crippen LogP contribution in [0.1, 0.15) is 29.8 Å². The Morgan fingerprint density at radius 2 is 1.92 bits per heavy atom. The van der Waals surface area contributed by atoms with E-state index in [1.807, 2.05) is 0 Å². The van der Waals surface area contributed by atoms with Crippen LogP contribution in [0.2, 0.25) is 0 Å². The lowest BCUT2D eigenvalue weighted by atomic mass is 10.2. The zero-order valence-electron chi connectivity index (χ0n) is 7.69. The van der Waals surface area contributed by atoms with Gasteiger partial charge in [-0.3, -0.25) is 0 Å². The van der Waals surface area contributed by atoms with Crippen LogP contribution < -0.4 is 5.73 Å². The smallest absolute Gasteiger partial charge is 0.119 e. The molecule has 0 aliphatic rings. The van der Waals surface area contributed by atoms with Gasteiger partial charge in [0.2, 0.25) is 0 Å². The number of halogens is 2. The van der Waals surface area contributed by atoms with Crippen molar-refractivity contribution in [3.8, 4) is 0 Å². The largest absolute Gasteiger partial charge is 0.330 e. The molecule has 0 spiro atoms. The minimum Gasteiger partial charge on any atom is -0.330 e. The van der Waals surface area contributed by atoms with Gasteiger partial charge in [0.25, 0.3) is 0 Å². The van der Waals surface area contributed by atoms with Crippen molar-refractivity contribution in [2.75, 3.05) is 6.54 Å². The number of hydrogen-bond acceptors (Lipinski definition) is 4. The van der Waals surface area contributed by atoms with Crippen LogP contribution in [0.25, 0.3) is 0 Å². The first-order valence-corrected chi connectivity index (χ1v) is 4.58. The van der Waals surface area contributed by atoms with Crippen molar-refractivity contribution in [1.29, 1.82) is 0 Å². The summed E-state index contributed by atoms with van der Waals surface area (Å²) in [7, 11) is 0. The van der Waals surface area contributed by atoms with Gasteiger partial charge < -0.3 is 5.73 Å². The van der Waals surface area contributed by atoms with Gasteiger partial charge in [0.15, 0.2) is 0 Å². The monoisotopic (exact) mass is 243 g/mol. The molecule has 0 unspecified atom stereocenters. The molecule has 1 rings (SSSR count). The summed E-state index contributed by atoms with van der Waals surface area (Å²) in [5.41, 5.74) is 5.38. The zero-order valence-corrected chi connectivity index (χ0v) is 10.1. The molecule has 0 atom stereocenters. The van der Waals surface area contributed by atoms with E-state index in [4.69, 9.17) is 5.73 Å². The van der Waals surface area contributed by atoms with E-state index >= 15 is 0 Å². The summed E-state index contributed by atoms with van der Waals surface area (Å²) in [6.45, 7) is 4.90. The number of aromatic nitrogens is 2. The summed E-state index contributed by atoms with van der Waals surface area (Å²) < 4.78 is 0. The average Bonchev–Trinajstić information content (AvgIpc) is 2.37. The Hall–Kier alpha value is 0.1000. The molecule has 0 fully saturated rings. The Morgan fingerprint density at radius 3 is 2.31 bits per heavy atom. The summed E-state index contributed by atoms with van der Waals surface area (Å²) in [6.07, 6.45) is 0.852. The van der Waals surface area contributed by atoms with E-state index in [9.17, 15) is 0 Å². The quantitative estimate of drug-likeness (QED) is 0.884. The zero-order chi connectivity index (χ0) is 8.27. The van der Waals surface area contributed by atoms with Gasteiger partial charge in [-0.2, -0.15) is 0 Å². The van der Waals surface area contributed by atoms with Gasteiger partial charge in [0, 0.05) is 12.3 Å². The number of hydrogen-bond donors (Lipinski definition) is 1. The van der Waals surface area contributed by atoms with E-state index in [0.717, 1.165) is 16.4 Å². The third kappa shape index (κ3) is 4.76. The molecule has 78 valence electrons. The molecule has 0 aliphatic carbocycles. The van der Waals surface area contributed by atoms with E-state index < -0.39 is 0 Å². The summed E-state index contributed by atoms with van der Waals surface area (Å²) in [4.78, 5) is 0. The molecule has 13 heavy (non-hydrogen) atoms. The van der Waals surface area contributed by atoms with Crippen LogP contribution in [0.3, 0.4) is 0 Å². The molecule has 1 aromatic heterocycles. The van der Waals surface area contributed by atoms with Gasteiger partial charge in [-0.25, -0.2) is 0 Å². The van der Waals surface area contributed by atoms with Crippen molar-refractivity contribution in [3.63, 3.8) is 0 Å². The number of nitrogens with zero attached hydrogens (tertiary/aromatic N) is 2. The fourth-order valence-electron chi connectivity index (χ4n) is 0.724. The SMILES string of the molecule is CC(C)c1nnc(CCN)s1.Cl.Cl. The van der Waals surface area contributed by atoms with E-state index in [1.54, 1.807) is 11.3 Å². The summed E-state index contributed by atoms with van der Waals surface area (Å²) in [6, 6.07) is 0. The second kappa shape index (κ2) is 7.50. The highest BCUT2D eigenvalue weighted by Crippen LogP contribution is 2.18. The van der Waals surface area contributed by atoms with Crippen LogP contribution >= 0.6 is 36.2 Å². The van der Waals surface area contributed by atoms with Crippen LogP contribution in [-0.4, -0.2) is 16.7 Å². The Kier molecular flexibility index (Phi) is 8.98. The van der Waals surface area contributed by atoms with Crippen LogP contribution in [0.4, 0.5) is 0 Å². The van der Waals surface area contributed by atoms with Gasteiger partial charge in [0.05, 0.1) is 0 Å². The predicted octanol–water partition coefficient (Wildman–Crippen LogP) is 2.01.